The summed E-state index contributed by atoms with van der Waals surface area (Å²) in [5.74, 6) is 0.552. The highest BCUT2D eigenvalue weighted by Gasteiger charge is 2.32. The van der Waals surface area contributed by atoms with Crippen LogP contribution in [0.3, 0.4) is 0 Å². The normalized spacial score (nSPS) is 15.9. The van der Waals surface area contributed by atoms with Gasteiger partial charge in [-0.2, -0.15) is 5.21 Å². The number of nitrogens with one attached hydrogen (secondary N) is 2. The third kappa shape index (κ3) is 3.52. The van der Waals surface area contributed by atoms with Gasteiger partial charge in [-0.3, -0.25) is 15.0 Å². The summed E-state index contributed by atoms with van der Waals surface area (Å²) < 4.78 is 0. The molecule has 0 spiro atoms. The molecule has 2 aromatic heterocycles. The summed E-state index contributed by atoms with van der Waals surface area (Å²) in [5.41, 5.74) is 6.80. The summed E-state index contributed by atoms with van der Waals surface area (Å²) in [5, 5.41) is 26.8. The first-order valence-corrected chi connectivity index (χ1v) is 11.1. The Hall–Kier alpha value is -4.37. The van der Waals surface area contributed by atoms with Crippen LogP contribution in [-0.2, 0) is 13.0 Å². The molecule has 1 atom stereocenters. The Balaban J connectivity index is 1.44. The van der Waals surface area contributed by atoms with Crippen molar-refractivity contribution in [3.8, 4) is 11.4 Å². The van der Waals surface area contributed by atoms with Crippen molar-refractivity contribution in [3.05, 3.63) is 105 Å². The van der Waals surface area contributed by atoms with E-state index in [1.54, 1.807) is 12.1 Å². The number of para-hydroxylation sites is 1. The van der Waals surface area contributed by atoms with Crippen LogP contribution in [0.1, 0.15) is 28.4 Å². The van der Waals surface area contributed by atoms with Gasteiger partial charge in [-0.1, -0.05) is 48.5 Å². The Kier molecular flexibility index (Phi) is 4.88. The minimum absolute atomic E-state index is 0.0156. The van der Waals surface area contributed by atoms with E-state index in [1.165, 1.54) is 16.6 Å². The fourth-order valence-electron chi connectivity index (χ4n) is 4.93. The van der Waals surface area contributed by atoms with Crippen molar-refractivity contribution in [1.29, 1.82) is 0 Å². The second-order valence-corrected chi connectivity index (χ2v) is 8.47. The number of non-ortho nitro benzene ring substituents is 1. The van der Waals surface area contributed by atoms with E-state index in [2.05, 4.69) is 60.8 Å². The lowest BCUT2D eigenvalue weighted by atomic mass is 9.91. The number of hydrogen-bond donors (Lipinski definition) is 2. The van der Waals surface area contributed by atoms with Crippen molar-refractivity contribution in [1.82, 2.24) is 30.5 Å². The molecule has 0 saturated heterocycles. The van der Waals surface area contributed by atoms with E-state index in [1.807, 2.05) is 30.3 Å². The van der Waals surface area contributed by atoms with Crippen molar-refractivity contribution in [2.24, 2.45) is 0 Å². The molecule has 5 aromatic rings. The molecule has 1 aliphatic heterocycles. The van der Waals surface area contributed by atoms with Gasteiger partial charge in [0.1, 0.15) is 0 Å². The standard InChI is InChI=1S/C25H21N7O2/c33-32(34)19-10-8-16(9-11-19)15-31-13-12-21-20-6-1-2-7-22(20)26-23(21)24(31)17-4-3-5-18(14-17)25-27-29-30-28-25/h1-11,14,24,26H,12-13,15H2,(H,27,28,29,30). The zero-order valence-corrected chi connectivity index (χ0v) is 18.2. The van der Waals surface area contributed by atoms with Crippen molar-refractivity contribution in [2.75, 3.05) is 6.54 Å². The van der Waals surface area contributed by atoms with Crippen LogP contribution in [0.5, 0.6) is 0 Å². The molecule has 9 heteroatoms. The van der Waals surface area contributed by atoms with E-state index in [9.17, 15) is 10.1 Å². The molecule has 34 heavy (non-hydrogen) atoms. The lowest BCUT2D eigenvalue weighted by Crippen LogP contribution is -2.35. The Bertz CT molecular complexity index is 1480. The van der Waals surface area contributed by atoms with E-state index in [-0.39, 0.29) is 16.7 Å². The molecule has 0 bridgehead atoms. The number of hydrogen-bond acceptors (Lipinski definition) is 6. The number of aromatic amines is 2. The summed E-state index contributed by atoms with van der Waals surface area (Å²) in [4.78, 5) is 16.8. The van der Waals surface area contributed by atoms with E-state index in [0.29, 0.717) is 12.4 Å². The number of nitro benzene ring substituents is 1. The third-order valence-corrected chi connectivity index (χ3v) is 6.47. The van der Waals surface area contributed by atoms with E-state index < -0.39 is 0 Å². The molecular formula is C25H21N7O2. The Morgan fingerprint density at radius 2 is 1.91 bits per heavy atom. The van der Waals surface area contributed by atoms with Crippen LogP contribution in [0.25, 0.3) is 22.3 Å². The Morgan fingerprint density at radius 1 is 1.06 bits per heavy atom. The number of nitro groups is 1. The maximum atomic E-state index is 11.1. The molecule has 1 unspecified atom stereocenters. The highest BCUT2D eigenvalue weighted by Crippen LogP contribution is 2.39. The molecule has 1 aliphatic rings. The molecule has 0 saturated carbocycles. The van der Waals surface area contributed by atoms with E-state index >= 15 is 0 Å². The smallest absolute Gasteiger partial charge is 0.269 e. The van der Waals surface area contributed by atoms with Gasteiger partial charge in [0, 0.05) is 47.4 Å². The minimum atomic E-state index is -0.367. The van der Waals surface area contributed by atoms with Crippen molar-refractivity contribution in [2.45, 2.75) is 19.0 Å². The first kappa shape index (κ1) is 20.3. The van der Waals surface area contributed by atoms with Crippen molar-refractivity contribution in [3.63, 3.8) is 0 Å². The Morgan fingerprint density at radius 3 is 2.71 bits per heavy atom. The summed E-state index contributed by atoms with van der Waals surface area (Å²) in [6, 6.07) is 23.4. The average Bonchev–Trinajstić information content (AvgIpc) is 3.53. The monoisotopic (exact) mass is 451 g/mol. The fourth-order valence-corrected chi connectivity index (χ4v) is 4.93. The number of tetrazole rings is 1. The van der Waals surface area contributed by atoms with Crippen LogP contribution >= 0.6 is 0 Å². The number of benzene rings is 3. The average molecular weight is 451 g/mol. The zero-order chi connectivity index (χ0) is 23.1. The second-order valence-electron chi connectivity index (χ2n) is 8.47. The molecule has 0 aliphatic carbocycles. The van der Waals surface area contributed by atoms with Crippen molar-refractivity contribution < 1.29 is 4.92 Å². The number of rotatable bonds is 5. The van der Waals surface area contributed by atoms with Gasteiger partial charge in [-0.15, -0.1) is 10.2 Å². The molecule has 3 aromatic carbocycles. The fraction of sp³-hybridized carbons (Fsp3) is 0.160. The van der Waals surface area contributed by atoms with E-state index in [4.69, 9.17) is 0 Å². The summed E-state index contributed by atoms with van der Waals surface area (Å²) in [7, 11) is 0. The maximum Gasteiger partial charge on any atom is 0.269 e. The van der Waals surface area contributed by atoms with Crippen molar-refractivity contribution >= 4 is 16.6 Å². The highest BCUT2D eigenvalue weighted by atomic mass is 16.6. The molecular weight excluding hydrogens is 430 g/mol. The van der Waals surface area contributed by atoms with Crippen LogP contribution < -0.4 is 0 Å². The van der Waals surface area contributed by atoms with Gasteiger partial charge in [0.05, 0.1) is 11.0 Å². The Labute approximate surface area is 194 Å². The van der Waals surface area contributed by atoms with Crippen LogP contribution in [0.15, 0.2) is 72.8 Å². The van der Waals surface area contributed by atoms with Gasteiger partial charge < -0.3 is 4.98 Å². The lowest BCUT2D eigenvalue weighted by Gasteiger charge is -2.36. The molecule has 3 heterocycles. The van der Waals surface area contributed by atoms with E-state index in [0.717, 1.165) is 35.2 Å². The molecule has 0 amide bonds. The first-order chi connectivity index (χ1) is 16.7. The lowest BCUT2D eigenvalue weighted by molar-refractivity contribution is -0.384. The van der Waals surface area contributed by atoms with Crippen LogP contribution in [0.4, 0.5) is 5.69 Å². The van der Waals surface area contributed by atoms with Gasteiger partial charge in [0.2, 0.25) is 5.82 Å². The highest BCUT2D eigenvalue weighted by molar-refractivity contribution is 5.85. The molecule has 0 radical (unpaired) electrons. The van der Waals surface area contributed by atoms with Gasteiger partial charge in [0.25, 0.3) is 5.69 Å². The van der Waals surface area contributed by atoms with Gasteiger partial charge >= 0.3 is 0 Å². The number of aromatic nitrogens is 5. The predicted octanol–water partition coefficient (Wildman–Crippen LogP) is 4.40. The molecule has 168 valence electrons. The zero-order valence-electron chi connectivity index (χ0n) is 18.2. The third-order valence-electron chi connectivity index (χ3n) is 6.47. The number of nitrogens with zero attached hydrogens (tertiary/aromatic N) is 5. The van der Waals surface area contributed by atoms with Gasteiger partial charge in [0.15, 0.2) is 0 Å². The minimum Gasteiger partial charge on any atom is -0.357 e. The largest absolute Gasteiger partial charge is 0.357 e. The van der Waals surface area contributed by atoms with Crippen LogP contribution in [0.2, 0.25) is 0 Å². The summed E-state index contributed by atoms with van der Waals surface area (Å²) >= 11 is 0. The number of H-pyrrole nitrogens is 2. The first-order valence-electron chi connectivity index (χ1n) is 11.1. The van der Waals surface area contributed by atoms with Gasteiger partial charge in [-0.25, -0.2) is 0 Å². The number of fused-ring (bicyclic) bond motifs is 3. The summed E-state index contributed by atoms with van der Waals surface area (Å²) in [6.45, 7) is 1.53. The SMILES string of the molecule is O=[N+]([O-])c1ccc(CN2CCc3c([nH]c4ccccc34)C2c2cccc(-c3nn[nH]n3)c2)cc1. The quantitative estimate of drug-likeness (QED) is 0.302. The van der Waals surface area contributed by atoms with Crippen LogP contribution in [0, 0.1) is 10.1 Å². The second kappa shape index (κ2) is 8.20. The van der Waals surface area contributed by atoms with Crippen LogP contribution in [-0.4, -0.2) is 42.0 Å². The maximum absolute atomic E-state index is 11.1. The topological polar surface area (TPSA) is 117 Å². The molecule has 9 nitrogen and oxygen atoms in total. The summed E-state index contributed by atoms with van der Waals surface area (Å²) in [6.07, 6.45) is 0.924. The van der Waals surface area contributed by atoms with Gasteiger partial charge in [-0.05, 0) is 40.5 Å². The predicted molar refractivity (Wildman–Crippen MR) is 127 cm³/mol. The molecule has 6 rings (SSSR count). The molecule has 0 fully saturated rings. The molecule has 2 N–H and O–H groups in total.